The van der Waals surface area contributed by atoms with Gasteiger partial charge in [0.1, 0.15) is 0 Å². The van der Waals surface area contributed by atoms with Crippen molar-refractivity contribution in [3.8, 4) is 0 Å². The molecule has 2 aliphatic carbocycles. The van der Waals surface area contributed by atoms with E-state index in [2.05, 4.69) is 0 Å². The highest BCUT2D eigenvalue weighted by Gasteiger charge is 2.42. The lowest BCUT2D eigenvalue weighted by Crippen LogP contribution is -2.44. The smallest absolute Gasteiger partial charge is 0.308 e. The fourth-order valence-electron chi connectivity index (χ4n) is 3.54. The van der Waals surface area contributed by atoms with Crippen molar-refractivity contribution in [3.05, 3.63) is 0 Å². The number of hydrogen-bond donors (Lipinski definition) is 1. The van der Waals surface area contributed by atoms with Crippen molar-refractivity contribution < 1.29 is 23.1 Å². The van der Waals surface area contributed by atoms with Gasteiger partial charge in [-0.1, -0.05) is 12.8 Å². The van der Waals surface area contributed by atoms with Crippen LogP contribution in [-0.4, -0.2) is 42.7 Å². The van der Waals surface area contributed by atoms with E-state index in [0.29, 0.717) is 32.3 Å². The number of hydrogen-bond acceptors (Lipinski definition) is 5. The first kappa shape index (κ1) is 16.7. The second-order valence-corrected chi connectivity index (χ2v) is 8.75. The number of aliphatic hydroxyl groups is 1. The predicted octanol–water partition coefficient (Wildman–Crippen LogP) is 1.83. The van der Waals surface area contributed by atoms with Gasteiger partial charge in [0.25, 0.3) is 0 Å². The average molecular weight is 318 g/mol. The Kier molecular flexibility index (Phi) is 5.30. The highest BCUT2D eigenvalue weighted by Crippen LogP contribution is 2.36. The zero-order valence-corrected chi connectivity index (χ0v) is 13.5. The van der Waals surface area contributed by atoms with Crippen LogP contribution < -0.4 is 0 Å². The molecule has 122 valence electrons. The molecule has 0 spiro atoms. The van der Waals surface area contributed by atoms with E-state index < -0.39 is 15.4 Å². The molecule has 0 amide bonds. The third-order valence-electron chi connectivity index (χ3n) is 4.82. The third kappa shape index (κ3) is 4.19. The molecule has 0 aromatic rings. The summed E-state index contributed by atoms with van der Waals surface area (Å²) in [6, 6.07) is 0. The quantitative estimate of drug-likeness (QED) is 0.782. The van der Waals surface area contributed by atoms with E-state index in [4.69, 9.17) is 4.74 Å². The summed E-state index contributed by atoms with van der Waals surface area (Å²) < 4.78 is 29.7. The normalized spacial score (nSPS) is 31.2. The van der Waals surface area contributed by atoms with Gasteiger partial charge in [0.05, 0.1) is 29.1 Å². The Hall–Kier alpha value is -0.620. The lowest BCUT2D eigenvalue weighted by atomic mass is 9.80. The van der Waals surface area contributed by atoms with E-state index >= 15 is 0 Å². The monoisotopic (exact) mass is 318 g/mol. The zero-order valence-electron chi connectivity index (χ0n) is 12.7. The van der Waals surface area contributed by atoms with Gasteiger partial charge in [0.15, 0.2) is 9.84 Å². The first-order valence-corrected chi connectivity index (χ1v) is 9.68. The summed E-state index contributed by atoms with van der Waals surface area (Å²) in [6.07, 6.45) is 5.13. The summed E-state index contributed by atoms with van der Waals surface area (Å²) in [5, 5.41) is 10.3. The fraction of sp³-hybridized carbons (Fsp3) is 0.933. The Morgan fingerprint density at radius 2 is 1.76 bits per heavy atom. The van der Waals surface area contributed by atoms with Crippen LogP contribution in [0.25, 0.3) is 0 Å². The van der Waals surface area contributed by atoms with Crippen molar-refractivity contribution in [1.29, 1.82) is 0 Å². The van der Waals surface area contributed by atoms with Gasteiger partial charge < -0.3 is 9.84 Å². The molecule has 0 aliphatic heterocycles. The minimum Gasteiger partial charge on any atom is -0.466 e. The highest BCUT2D eigenvalue weighted by molar-refractivity contribution is 7.92. The van der Waals surface area contributed by atoms with Crippen LogP contribution in [0.4, 0.5) is 0 Å². The molecular weight excluding hydrogens is 292 g/mol. The summed E-state index contributed by atoms with van der Waals surface area (Å²) in [5.74, 6) is -0.571. The maximum atomic E-state index is 12.4. The van der Waals surface area contributed by atoms with Gasteiger partial charge in [-0.05, 0) is 45.4 Å². The molecule has 0 radical (unpaired) electrons. The first-order valence-electron chi connectivity index (χ1n) is 7.97. The van der Waals surface area contributed by atoms with Gasteiger partial charge in [-0.25, -0.2) is 8.42 Å². The van der Waals surface area contributed by atoms with E-state index in [1.165, 1.54) is 0 Å². The lowest BCUT2D eigenvalue weighted by Gasteiger charge is -2.35. The van der Waals surface area contributed by atoms with Gasteiger partial charge in [0.2, 0.25) is 0 Å². The van der Waals surface area contributed by atoms with Crippen molar-refractivity contribution in [3.63, 3.8) is 0 Å². The third-order valence-corrected chi connectivity index (χ3v) is 7.24. The van der Waals surface area contributed by atoms with Crippen LogP contribution in [0.3, 0.4) is 0 Å². The van der Waals surface area contributed by atoms with Gasteiger partial charge in [0, 0.05) is 0 Å². The number of esters is 1. The SMILES string of the molecule is CCOC(=O)C1CCC(O)(CS(=O)(=O)C2CCCC2)CC1. The van der Waals surface area contributed by atoms with Gasteiger partial charge in [-0.2, -0.15) is 0 Å². The van der Waals surface area contributed by atoms with Crippen molar-refractivity contribution >= 4 is 15.8 Å². The first-order chi connectivity index (χ1) is 9.86. The Morgan fingerprint density at radius 1 is 1.19 bits per heavy atom. The van der Waals surface area contributed by atoms with Crippen LogP contribution in [0.15, 0.2) is 0 Å². The summed E-state index contributed by atoms with van der Waals surface area (Å²) >= 11 is 0. The molecule has 2 fully saturated rings. The molecular formula is C15H26O5S. The summed E-state index contributed by atoms with van der Waals surface area (Å²) in [7, 11) is -3.23. The van der Waals surface area contributed by atoms with Crippen molar-refractivity contribution in [2.75, 3.05) is 12.4 Å². The Morgan fingerprint density at radius 3 is 2.29 bits per heavy atom. The van der Waals surface area contributed by atoms with Crippen LogP contribution in [0.2, 0.25) is 0 Å². The van der Waals surface area contributed by atoms with Crippen LogP contribution >= 0.6 is 0 Å². The molecule has 21 heavy (non-hydrogen) atoms. The molecule has 0 saturated heterocycles. The maximum Gasteiger partial charge on any atom is 0.308 e. The molecule has 6 heteroatoms. The molecule has 0 bridgehead atoms. The van der Waals surface area contributed by atoms with Crippen LogP contribution in [0.1, 0.15) is 58.3 Å². The zero-order chi connectivity index (χ0) is 15.5. The molecule has 2 saturated carbocycles. The van der Waals surface area contributed by atoms with E-state index in [1.54, 1.807) is 6.92 Å². The molecule has 0 heterocycles. The predicted molar refractivity (Wildman–Crippen MR) is 79.6 cm³/mol. The Labute approximate surface area is 127 Å². The number of sulfone groups is 1. The minimum atomic E-state index is -3.23. The molecule has 0 atom stereocenters. The summed E-state index contributed by atoms with van der Waals surface area (Å²) in [5.41, 5.74) is -1.16. The average Bonchev–Trinajstić information content (AvgIpc) is 2.93. The number of rotatable bonds is 5. The molecule has 1 N–H and O–H groups in total. The molecule has 0 aromatic carbocycles. The van der Waals surface area contributed by atoms with Crippen molar-refractivity contribution in [2.45, 2.75) is 69.1 Å². The van der Waals surface area contributed by atoms with Crippen LogP contribution in [-0.2, 0) is 19.4 Å². The second-order valence-electron chi connectivity index (χ2n) is 6.46. The minimum absolute atomic E-state index is 0.153. The second kappa shape index (κ2) is 6.65. The Balaban J connectivity index is 1.91. The molecule has 2 rings (SSSR count). The standard InChI is InChI=1S/C15H26O5S/c1-2-20-14(16)12-7-9-15(17,10-8-12)11-21(18,19)13-5-3-4-6-13/h12-13,17H,2-11H2,1H3. The molecule has 2 aliphatic rings. The molecule has 0 aromatic heterocycles. The molecule has 5 nitrogen and oxygen atoms in total. The van der Waals surface area contributed by atoms with Gasteiger partial charge in [-0.3, -0.25) is 4.79 Å². The summed E-state index contributed by atoms with van der Waals surface area (Å²) in [6.45, 7) is 2.13. The number of ether oxygens (including phenoxy) is 1. The highest BCUT2D eigenvalue weighted by atomic mass is 32.2. The van der Waals surface area contributed by atoms with Crippen LogP contribution in [0, 0.1) is 5.92 Å². The summed E-state index contributed by atoms with van der Waals surface area (Å²) in [4.78, 5) is 11.7. The van der Waals surface area contributed by atoms with E-state index in [9.17, 15) is 18.3 Å². The maximum absolute atomic E-state index is 12.4. The Bertz CT molecular complexity index is 456. The molecule has 0 unspecified atom stereocenters. The van der Waals surface area contributed by atoms with Gasteiger partial charge in [-0.15, -0.1) is 0 Å². The van der Waals surface area contributed by atoms with E-state index in [-0.39, 0.29) is 22.9 Å². The van der Waals surface area contributed by atoms with E-state index in [1.807, 2.05) is 0 Å². The fourth-order valence-corrected chi connectivity index (χ4v) is 5.86. The van der Waals surface area contributed by atoms with E-state index in [0.717, 1.165) is 25.7 Å². The largest absolute Gasteiger partial charge is 0.466 e. The number of carbonyl (C=O) groups is 1. The number of carbonyl (C=O) groups excluding carboxylic acids is 1. The van der Waals surface area contributed by atoms with Gasteiger partial charge >= 0.3 is 5.97 Å². The van der Waals surface area contributed by atoms with Crippen molar-refractivity contribution in [2.24, 2.45) is 5.92 Å². The topological polar surface area (TPSA) is 80.7 Å². The lowest BCUT2D eigenvalue weighted by molar-refractivity contribution is -0.150. The van der Waals surface area contributed by atoms with Crippen molar-refractivity contribution in [1.82, 2.24) is 0 Å². The van der Waals surface area contributed by atoms with Crippen LogP contribution in [0.5, 0.6) is 0 Å².